The van der Waals surface area contributed by atoms with Crippen LogP contribution in [0.25, 0.3) is 0 Å². The van der Waals surface area contributed by atoms with Gasteiger partial charge in [-0.05, 0) is 76.0 Å². The summed E-state index contributed by atoms with van der Waals surface area (Å²) in [6.07, 6.45) is 2.05. The molecule has 0 heterocycles. The number of rotatable bonds is 5. The van der Waals surface area contributed by atoms with Gasteiger partial charge in [-0.3, -0.25) is 0 Å². The predicted molar refractivity (Wildman–Crippen MR) is 90.0 cm³/mol. The highest BCUT2D eigenvalue weighted by atomic mass is 79.9. The quantitative estimate of drug-likeness (QED) is 0.743. The van der Waals surface area contributed by atoms with Crippen LogP contribution < -0.4 is 0 Å². The van der Waals surface area contributed by atoms with Crippen LogP contribution in [0.4, 0.5) is 0 Å². The number of benzene rings is 2. The summed E-state index contributed by atoms with van der Waals surface area (Å²) in [4.78, 5) is 0. The molecule has 0 radical (unpaired) electrons. The Labute approximate surface area is 134 Å². The van der Waals surface area contributed by atoms with E-state index in [4.69, 9.17) is 0 Å². The zero-order valence-corrected chi connectivity index (χ0v) is 14.0. The molecule has 112 valence electrons. The van der Waals surface area contributed by atoms with Crippen molar-refractivity contribution in [3.8, 4) is 11.5 Å². The van der Waals surface area contributed by atoms with Crippen molar-refractivity contribution in [3.63, 3.8) is 0 Å². The number of aromatic hydroxyl groups is 2. The number of phenolic OH excluding ortho intramolecular Hbond substituents is 2. The minimum atomic E-state index is 0.270. The zero-order valence-electron chi connectivity index (χ0n) is 12.4. The lowest BCUT2D eigenvalue weighted by molar-refractivity contribution is 0.468. The molecule has 0 aliphatic rings. The largest absolute Gasteiger partial charge is 0.508 e. The van der Waals surface area contributed by atoms with E-state index in [0.29, 0.717) is 17.6 Å². The predicted octanol–water partition coefficient (Wildman–Crippen LogP) is 5.55. The lowest BCUT2D eigenvalue weighted by atomic mass is 9.78. The third-order valence-electron chi connectivity index (χ3n) is 4.09. The molecular formula is C18H21BrO2. The summed E-state index contributed by atoms with van der Waals surface area (Å²) in [5, 5.41) is 19.1. The molecule has 0 saturated heterocycles. The summed E-state index contributed by atoms with van der Waals surface area (Å²) in [5.74, 6) is 1.35. The Hall–Kier alpha value is -1.48. The molecule has 0 fully saturated rings. The number of hydrogen-bond donors (Lipinski definition) is 2. The van der Waals surface area contributed by atoms with E-state index in [1.54, 1.807) is 18.2 Å². The standard InChI is InChI=1S/C18H21BrO2/c1-3-15(12-5-8-14(20)9-6-12)16(4-2)13-7-10-18(21)17(19)11-13/h5-11,15-16,20-21H,3-4H2,1-2H3/t15-,16+/m1/s1. The van der Waals surface area contributed by atoms with Gasteiger partial charge in [0.1, 0.15) is 11.5 Å². The highest BCUT2D eigenvalue weighted by Gasteiger charge is 2.22. The fourth-order valence-electron chi connectivity index (χ4n) is 2.98. The Balaban J connectivity index is 2.36. The molecule has 0 aliphatic carbocycles. The second-order valence-corrected chi connectivity index (χ2v) is 6.19. The van der Waals surface area contributed by atoms with Crippen LogP contribution in [0, 0.1) is 0 Å². The van der Waals surface area contributed by atoms with Crippen molar-refractivity contribution in [1.29, 1.82) is 0 Å². The first-order chi connectivity index (χ1) is 10.1. The molecule has 0 aromatic heterocycles. The van der Waals surface area contributed by atoms with Crippen molar-refractivity contribution in [2.75, 3.05) is 0 Å². The first-order valence-corrected chi connectivity index (χ1v) is 8.13. The molecule has 2 rings (SSSR count). The van der Waals surface area contributed by atoms with Gasteiger partial charge in [0.05, 0.1) is 4.47 Å². The normalized spacial score (nSPS) is 13.9. The molecule has 0 unspecified atom stereocenters. The Bertz CT molecular complexity index is 593. The van der Waals surface area contributed by atoms with E-state index in [2.05, 4.69) is 29.8 Å². The fourth-order valence-corrected chi connectivity index (χ4v) is 3.38. The monoisotopic (exact) mass is 348 g/mol. The van der Waals surface area contributed by atoms with Crippen molar-refractivity contribution in [3.05, 3.63) is 58.1 Å². The smallest absolute Gasteiger partial charge is 0.129 e. The minimum absolute atomic E-state index is 0.270. The van der Waals surface area contributed by atoms with Crippen molar-refractivity contribution in [2.45, 2.75) is 38.5 Å². The Morgan fingerprint density at radius 2 is 1.38 bits per heavy atom. The molecule has 2 aromatic rings. The van der Waals surface area contributed by atoms with Gasteiger partial charge < -0.3 is 10.2 Å². The van der Waals surface area contributed by atoms with E-state index < -0.39 is 0 Å². The van der Waals surface area contributed by atoms with Crippen LogP contribution in [0.5, 0.6) is 11.5 Å². The van der Waals surface area contributed by atoms with Gasteiger partial charge in [0.15, 0.2) is 0 Å². The van der Waals surface area contributed by atoms with Crippen LogP contribution in [0.2, 0.25) is 0 Å². The maximum absolute atomic E-state index is 9.67. The van der Waals surface area contributed by atoms with Gasteiger partial charge in [0.25, 0.3) is 0 Å². The van der Waals surface area contributed by atoms with Crippen molar-refractivity contribution < 1.29 is 10.2 Å². The Morgan fingerprint density at radius 1 is 0.857 bits per heavy atom. The van der Waals surface area contributed by atoms with Crippen molar-refractivity contribution >= 4 is 15.9 Å². The molecule has 0 spiro atoms. The average Bonchev–Trinajstić information content (AvgIpc) is 2.49. The minimum Gasteiger partial charge on any atom is -0.508 e. The van der Waals surface area contributed by atoms with E-state index >= 15 is 0 Å². The molecule has 2 atom stereocenters. The molecule has 0 amide bonds. The Morgan fingerprint density at radius 3 is 1.90 bits per heavy atom. The summed E-state index contributed by atoms with van der Waals surface area (Å²) >= 11 is 3.40. The molecule has 21 heavy (non-hydrogen) atoms. The first kappa shape index (κ1) is 15.9. The van der Waals surface area contributed by atoms with E-state index in [1.807, 2.05) is 24.3 Å². The molecule has 3 heteroatoms. The number of halogens is 1. The molecule has 0 bridgehead atoms. The second kappa shape index (κ2) is 6.99. The van der Waals surface area contributed by atoms with Gasteiger partial charge in [-0.15, -0.1) is 0 Å². The summed E-state index contributed by atoms with van der Waals surface area (Å²) in [6, 6.07) is 13.2. The highest BCUT2D eigenvalue weighted by molar-refractivity contribution is 9.10. The lowest BCUT2D eigenvalue weighted by Crippen LogP contribution is -2.10. The van der Waals surface area contributed by atoms with Crippen molar-refractivity contribution in [1.82, 2.24) is 0 Å². The first-order valence-electron chi connectivity index (χ1n) is 7.34. The molecule has 2 N–H and O–H groups in total. The third kappa shape index (κ3) is 3.59. The van der Waals surface area contributed by atoms with Crippen LogP contribution >= 0.6 is 15.9 Å². The lowest BCUT2D eigenvalue weighted by Gasteiger charge is -2.26. The maximum Gasteiger partial charge on any atom is 0.129 e. The van der Waals surface area contributed by atoms with Gasteiger partial charge in [0.2, 0.25) is 0 Å². The molecule has 0 saturated carbocycles. The summed E-state index contributed by atoms with van der Waals surface area (Å²) in [6.45, 7) is 4.38. The second-order valence-electron chi connectivity index (χ2n) is 5.33. The number of hydrogen-bond acceptors (Lipinski definition) is 2. The van der Waals surface area contributed by atoms with Crippen molar-refractivity contribution in [2.24, 2.45) is 0 Å². The summed E-state index contributed by atoms with van der Waals surface area (Å²) in [7, 11) is 0. The van der Waals surface area contributed by atoms with Crippen LogP contribution in [0.15, 0.2) is 46.9 Å². The van der Waals surface area contributed by atoms with Gasteiger partial charge in [-0.25, -0.2) is 0 Å². The van der Waals surface area contributed by atoms with Crippen LogP contribution in [-0.2, 0) is 0 Å². The van der Waals surface area contributed by atoms with Crippen LogP contribution in [-0.4, -0.2) is 10.2 Å². The van der Waals surface area contributed by atoms with Gasteiger partial charge in [-0.1, -0.05) is 32.0 Å². The highest BCUT2D eigenvalue weighted by Crippen LogP contribution is 2.40. The van der Waals surface area contributed by atoms with Gasteiger partial charge >= 0.3 is 0 Å². The molecule has 2 aromatic carbocycles. The van der Waals surface area contributed by atoms with E-state index in [9.17, 15) is 10.2 Å². The third-order valence-corrected chi connectivity index (χ3v) is 4.72. The van der Waals surface area contributed by atoms with Crippen LogP contribution in [0.3, 0.4) is 0 Å². The summed E-state index contributed by atoms with van der Waals surface area (Å²) in [5.41, 5.74) is 2.47. The average molecular weight is 349 g/mol. The van der Waals surface area contributed by atoms with E-state index in [0.717, 1.165) is 17.3 Å². The molecular weight excluding hydrogens is 328 g/mol. The van der Waals surface area contributed by atoms with E-state index in [1.165, 1.54) is 11.1 Å². The number of phenols is 2. The summed E-state index contributed by atoms with van der Waals surface area (Å²) < 4.78 is 0.735. The fraction of sp³-hybridized carbons (Fsp3) is 0.333. The SMILES string of the molecule is CC[C@H](c1ccc(O)cc1)[C@@H](CC)c1ccc(O)c(Br)c1. The van der Waals surface area contributed by atoms with Gasteiger partial charge in [-0.2, -0.15) is 0 Å². The zero-order chi connectivity index (χ0) is 15.4. The van der Waals surface area contributed by atoms with E-state index in [-0.39, 0.29) is 5.75 Å². The van der Waals surface area contributed by atoms with Crippen LogP contribution in [0.1, 0.15) is 49.7 Å². The Kier molecular flexibility index (Phi) is 5.29. The molecule has 2 nitrogen and oxygen atoms in total. The molecule has 0 aliphatic heterocycles. The topological polar surface area (TPSA) is 40.5 Å². The van der Waals surface area contributed by atoms with Gasteiger partial charge in [0, 0.05) is 0 Å². The maximum atomic E-state index is 9.67.